The standard InChI is InChI=1S/C15H29N3O/c1-12-6-5-9-18(10-12)11-13(2)17-14(19)15(16)7-3-4-8-15/h12-13H,3-11,16H2,1-2H3,(H,17,19). The van der Waals surface area contributed by atoms with Crippen LogP contribution < -0.4 is 11.1 Å². The van der Waals surface area contributed by atoms with Crippen LogP contribution in [0.4, 0.5) is 0 Å². The molecular weight excluding hydrogens is 238 g/mol. The predicted octanol–water partition coefficient (Wildman–Crippen LogP) is 1.49. The number of carbonyl (C=O) groups is 1. The molecule has 2 aliphatic rings. The quantitative estimate of drug-likeness (QED) is 0.811. The highest BCUT2D eigenvalue weighted by Crippen LogP contribution is 2.27. The molecule has 0 bridgehead atoms. The summed E-state index contributed by atoms with van der Waals surface area (Å²) in [4.78, 5) is 14.7. The largest absolute Gasteiger partial charge is 0.351 e. The second-order valence-electron chi connectivity index (χ2n) is 6.74. The molecule has 2 atom stereocenters. The summed E-state index contributed by atoms with van der Waals surface area (Å²) in [5.74, 6) is 0.842. The van der Waals surface area contributed by atoms with Crippen LogP contribution in [-0.2, 0) is 4.79 Å². The highest BCUT2D eigenvalue weighted by Gasteiger charge is 2.37. The lowest BCUT2D eigenvalue weighted by Crippen LogP contribution is -2.56. The normalized spacial score (nSPS) is 29.1. The van der Waals surface area contributed by atoms with Gasteiger partial charge in [-0.3, -0.25) is 4.79 Å². The van der Waals surface area contributed by atoms with Crippen LogP contribution in [0, 0.1) is 5.92 Å². The van der Waals surface area contributed by atoms with Crippen molar-refractivity contribution in [1.82, 2.24) is 10.2 Å². The van der Waals surface area contributed by atoms with Crippen molar-refractivity contribution in [2.75, 3.05) is 19.6 Å². The van der Waals surface area contributed by atoms with Gasteiger partial charge in [-0.2, -0.15) is 0 Å². The number of carbonyl (C=O) groups excluding carboxylic acids is 1. The van der Waals surface area contributed by atoms with Crippen molar-refractivity contribution in [3.63, 3.8) is 0 Å². The Hall–Kier alpha value is -0.610. The van der Waals surface area contributed by atoms with Crippen molar-refractivity contribution < 1.29 is 4.79 Å². The monoisotopic (exact) mass is 267 g/mol. The second-order valence-corrected chi connectivity index (χ2v) is 6.74. The minimum absolute atomic E-state index is 0.0579. The van der Waals surface area contributed by atoms with E-state index < -0.39 is 5.54 Å². The fourth-order valence-corrected chi connectivity index (χ4v) is 3.49. The molecule has 1 aliphatic carbocycles. The third kappa shape index (κ3) is 3.93. The summed E-state index contributed by atoms with van der Waals surface area (Å²) in [6.07, 6.45) is 6.47. The van der Waals surface area contributed by atoms with Gasteiger partial charge in [-0.1, -0.05) is 19.8 Å². The Labute approximate surface area is 117 Å². The van der Waals surface area contributed by atoms with E-state index in [1.54, 1.807) is 0 Å². The fourth-order valence-electron chi connectivity index (χ4n) is 3.49. The van der Waals surface area contributed by atoms with Crippen LogP contribution in [0.5, 0.6) is 0 Å². The third-order valence-electron chi connectivity index (χ3n) is 4.60. The summed E-state index contributed by atoms with van der Waals surface area (Å²) >= 11 is 0. The third-order valence-corrected chi connectivity index (χ3v) is 4.60. The van der Waals surface area contributed by atoms with E-state index in [1.807, 2.05) is 0 Å². The molecule has 4 heteroatoms. The lowest BCUT2D eigenvalue weighted by atomic mass is 9.97. The van der Waals surface area contributed by atoms with E-state index in [9.17, 15) is 4.79 Å². The Morgan fingerprint density at radius 3 is 2.74 bits per heavy atom. The van der Waals surface area contributed by atoms with Crippen molar-refractivity contribution >= 4 is 5.91 Å². The van der Waals surface area contributed by atoms with Gasteiger partial charge in [0, 0.05) is 19.1 Å². The first-order valence-corrected chi connectivity index (χ1v) is 7.82. The molecule has 1 aliphatic heterocycles. The number of nitrogens with zero attached hydrogens (tertiary/aromatic N) is 1. The van der Waals surface area contributed by atoms with Crippen molar-refractivity contribution in [3.05, 3.63) is 0 Å². The molecule has 0 aromatic heterocycles. The summed E-state index contributed by atoms with van der Waals surface area (Å²) in [7, 11) is 0. The summed E-state index contributed by atoms with van der Waals surface area (Å²) in [6, 6.07) is 0.193. The molecule has 3 N–H and O–H groups in total. The molecule has 2 unspecified atom stereocenters. The Bertz CT molecular complexity index is 313. The number of nitrogens with one attached hydrogen (secondary N) is 1. The second kappa shape index (κ2) is 6.23. The summed E-state index contributed by atoms with van der Waals surface area (Å²) in [5.41, 5.74) is 5.59. The molecule has 110 valence electrons. The smallest absolute Gasteiger partial charge is 0.240 e. The number of nitrogens with two attached hydrogens (primary N) is 1. The van der Waals surface area contributed by atoms with Gasteiger partial charge in [-0.05, 0) is 45.1 Å². The molecule has 2 fully saturated rings. The van der Waals surface area contributed by atoms with Crippen LogP contribution >= 0.6 is 0 Å². The maximum atomic E-state index is 12.2. The van der Waals surface area contributed by atoms with Crippen molar-refractivity contribution in [3.8, 4) is 0 Å². The summed E-state index contributed by atoms with van der Waals surface area (Å²) in [5, 5.41) is 3.12. The lowest BCUT2D eigenvalue weighted by molar-refractivity contribution is -0.126. The average molecular weight is 267 g/mol. The van der Waals surface area contributed by atoms with Crippen LogP contribution in [0.1, 0.15) is 52.4 Å². The Kier molecular flexibility index (Phi) is 4.85. The van der Waals surface area contributed by atoms with Crippen molar-refractivity contribution in [1.29, 1.82) is 0 Å². The van der Waals surface area contributed by atoms with E-state index >= 15 is 0 Å². The molecule has 0 radical (unpaired) electrons. The molecule has 4 nitrogen and oxygen atoms in total. The van der Waals surface area contributed by atoms with Crippen LogP contribution in [0.15, 0.2) is 0 Å². The maximum Gasteiger partial charge on any atom is 0.240 e. The van der Waals surface area contributed by atoms with Gasteiger partial charge in [0.2, 0.25) is 5.91 Å². The fraction of sp³-hybridized carbons (Fsp3) is 0.933. The summed E-state index contributed by atoms with van der Waals surface area (Å²) < 4.78 is 0. The lowest BCUT2D eigenvalue weighted by Gasteiger charge is -2.33. The molecule has 1 saturated carbocycles. The average Bonchev–Trinajstić information content (AvgIpc) is 2.77. The Balaban J connectivity index is 1.77. The molecule has 0 aromatic rings. The van der Waals surface area contributed by atoms with E-state index in [-0.39, 0.29) is 11.9 Å². The number of piperidine rings is 1. The van der Waals surface area contributed by atoms with Crippen molar-refractivity contribution in [2.45, 2.75) is 64.0 Å². The molecule has 1 saturated heterocycles. The van der Waals surface area contributed by atoms with Crippen LogP contribution in [0.2, 0.25) is 0 Å². The van der Waals surface area contributed by atoms with Gasteiger partial charge in [0.25, 0.3) is 0 Å². The van der Waals surface area contributed by atoms with E-state index in [0.717, 1.165) is 51.2 Å². The molecular formula is C15H29N3O. The minimum Gasteiger partial charge on any atom is -0.351 e. The zero-order valence-corrected chi connectivity index (χ0v) is 12.5. The van der Waals surface area contributed by atoms with Gasteiger partial charge in [0.05, 0.1) is 5.54 Å². The molecule has 2 rings (SSSR count). The summed E-state index contributed by atoms with van der Waals surface area (Å²) in [6.45, 7) is 7.68. The predicted molar refractivity (Wildman–Crippen MR) is 77.8 cm³/mol. The minimum atomic E-state index is -0.594. The number of likely N-dealkylation sites (tertiary alicyclic amines) is 1. The van der Waals surface area contributed by atoms with Gasteiger partial charge < -0.3 is 16.0 Å². The Morgan fingerprint density at radius 1 is 1.42 bits per heavy atom. The van der Waals surface area contributed by atoms with Crippen LogP contribution in [0.25, 0.3) is 0 Å². The van der Waals surface area contributed by atoms with Gasteiger partial charge in [-0.25, -0.2) is 0 Å². The molecule has 0 aromatic carbocycles. The Morgan fingerprint density at radius 2 is 2.11 bits per heavy atom. The number of rotatable bonds is 4. The number of amides is 1. The topological polar surface area (TPSA) is 58.4 Å². The van der Waals surface area contributed by atoms with Gasteiger partial charge in [0.1, 0.15) is 0 Å². The zero-order chi connectivity index (χ0) is 13.9. The number of hydrogen-bond donors (Lipinski definition) is 2. The molecule has 1 heterocycles. The van der Waals surface area contributed by atoms with E-state index in [0.29, 0.717) is 0 Å². The van der Waals surface area contributed by atoms with Crippen molar-refractivity contribution in [2.24, 2.45) is 11.7 Å². The first-order chi connectivity index (χ1) is 8.99. The van der Waals surface area contributed by atoms with E-state index in [2.05, 4.69) is 24.1 Å². The first kappa shape index (κ1) is 14.8. The van der Waals surface area contributed by atoms with Crippen LogP contribution in [0.3, 0.4) is 0 Å². The first-order valence-electron chi connectivity index (χ1n) is 7.82. The zero-order valence-electron chi connectivity index (χ0n) is 12.5. The van der Waals surface area contributed by atoms with E-state index in [1.165, 1.54) is 12.8 Å². The van der Waals surface area contributed by atoms with Gasteiger partial charge in [0.15, 0.2) is 0 Å². The van der Waals surface area contributed by atoms with Gasteiger partial charge >= 0.3 is 0 Å². The molecule has 19 heavy (non-hydrogen) atoms. The molecule has 0 spiro atoms. The SMILES string of the molecule is CC1CCCN(CC(C)NC(=O)C2(N)CCCC2)C1. The molecule has 1 amide bonds. The van der Waals surface area contributed by atoms with E-state index in [4.69, 9.17) is 5.73 Å². The highest BCUT2D eigenvalue weighted by molar-refractivity contribution is 5.86. The van der Waals surface area contributed by atoms with Gasteiger partial charge in [-0.15, -0.1) is 0 Å². The number of hydrogen-bond acceptors (Lipinski definition) is 3. The maximum absolute atomic E-state index is 12.2. The van der Waals surface area contributed by atoms with Crippen LogP contribution in [-0.4, -0.2) is 42.0 Å². The highest BCUT2D eigenvalue weighted by atomic mass is 16.2.